The molecule has 0 aromatic heterocycles. The van der Waals surface area contributed by atoms with Gasteiger partial charge in [-0.25, -0.2) is 0 Å². The number of aliphatic hydroxyl groups is 2. The molecule has 0 spiro atoms. The molecule has 6 heteroatoms. The number of hydrogen-bond acceptors (Lipinski definition) is 5. The van der Waals surface area contributed by atoms with Crippen molar-refractivity contribution >= 4 is 11.9 Å². The van der Waals surface area contributed by atoms with Crippen molar-refractivity contribution in [2.24, 2.45) is 0 Å². The van der Waals surface area contributed by atoms with Crippen molar-refractivity contribution in [3.05, 3.63) is 24.3 Å². The van der Waals surface area contributed by atoms with Crippen molar-refractivity contribution < 1.29 is 24.5 Å². The normalized spacial score (nSPS) is 13.3. The van der Waals surface area contributed by atoms with E-state index in [0.717, 1.165) is 64.2 Å². The van der Waals surface area contributed by atoms with E-state index in [1.165, 1.54) is 199 Å². The molecule has 0 saturated heterocycles. The molecule has 3 atom stereocenters. The summed E-state index contributed by atoms with van der Waals surface area (Å²) in [5.74, 6) is -0.463. The van der Waals surface area contributed by atoms with Crippen molar-refractivity contribution in [3.8, 4) is 0 Å². The Hall–Kier alpha value is -1.66. The molecule has 0 bridgehead atoms. The molecule has 3 N–H and O–H groups in total. The number of aliphatic hydroxyl groups excluding tert-OH is 2. The highest BCUT2D eigenvalue weighted by Gasteiger charge is 2.24. The van der Waals surface area contributed by atoms with Crippen molar-refractivity contribution in [2.45, 2.75) is 328 Å². The molecule has 3 unspecified atom stereocenters. The number of allylic oxidation sites excluding steroid dienone is 4. The van der Waals surface area contributed by atoms with Gasteiger partial charge in [0.1, 0.15) is 6.10 Å². The van der Waals surface area contributed by atoms with Crippen molar-refractivity contribution in [3.63, 3.8) is 0 Å². The predicted octanol–water partition coefficient (Wildman–Crippen LogP) is 17.5. The summed E-state index contributed by atoms with van der Waals surface area (Å²) in [5.41, 5.74) is 0. The molecule has 378 valence electrons. The first-order valence-electron chi connectivity index (χ1n) is 28.6. The Morgan fingerprint density at radius 2 is 0.844 bits per heavy atom. The number of carbonyl (C=O) groups is 2. The van der Waals surface area contributed by atoms with Crippen LogP contribution in [0.1, 0.15) is 310 Å². The summed E-state index contributed by atoms with van der Waals surface area (Å²) in [7, 11) is 0. The third-order valence-electron chi connectivity index (χ3n) is 13.3. The summed E-state index contributed by atoms with van der Waals surface area (Å²) in [5, 5.41) is 23.9. The Labute approximate surface area is 399 Å². The fraction of sp³-hybridized carbons (Fsp3) is 0.897. The molecule has 0 aliphatic heterocycles. The molecule has 64 heavy (non-hydrogen) atoms. The van der Waals surface area contributed by atoms with Gasteiger partial charge < -0.3 is 20.3 Å². The maximum atomic E-state index is 13.3. The zero-order valence-electron chi connectivity index (χ0n) is 43.2. The number of unbranched alkanes of at least 4 members (excludes halogenated alkanes) is 36. The Bertz CT molecular complexity index is 1010. The van der Waals surface area contributed by atoms with Gasteiger partial charge in [-0.15, -0.1) is 0 Å². The predicted molar refractivity (Wildman–Crippen MR) is 278 cm³/mol. The Balaban J connectivity index is 4.52. The lowest BCUT2D eigenvalue weighted by Crippen LogP contribution is -2.46. The van der Waals surface area contributed by atoms with E-state index < -0.39 is 18.2 Å². The lowest BCUT2D eigenvalue weighted by atomic mass is 10.0. The second kappa shape index (κ2) is 52.3. The van der Waals surface area contributed by atoms with E-state index in [1.807, 2.05) is 0 Å². The van der Waals surface area contributed by atoms with Gasteiger partial charge in [-0.3, -0.25) is 9.59 Å². The second-order valence-corrected chi connectivity index (χ2v) is 19.7. The van der Waals surface area contributed by atoms with Gasteiger partial charge in [-0.05, 0) is 51.4 Å². The summed E-state index contributed by atoms with van der Waals surface area (Å²) in [4.78, 5) is 26.2. The van der Waals surface area contributed by atoms with Gasteiger partial charge in [0.15, 0.2) is 0 Å². The van der Waals surface area contributed by atoms with Crippen LogP contribution in [0.25, 0.3) is 0 Å². The summed E-state index contributed by atoms with van der Waals surface area (Å²) < 4.78 is 5.96. The fourth-order valence-electron chi connectivity index (χ4n) is 9.00. The minimum absolute atomic E-state index is 0.0806. The third-order valence-corrected chi connectivity index (χ3v) is 13.3. The smallest absolute Gasteiger partial charge is 0.306 e. The fourth-order valence-corrected chi connectivity index (χ4v) is 9.00. The standard InChI is InChI=1S/C58H111NO5/c1-4-7-10-13-16-19-22-25-28-30-31-34-37-40-43-46-49-54(64-58(63)51-48-45-42-39-36-33-27-24-21-18-15-12-9-6-3)52-57(62)59-55(53-60)56(61)50-47-44-41-38-35-32-29-26-23-20-17-14-11-8-5-2/h9,12,18,21,54-56,60-61H,4-8,10-11,13-17,19-20,22-53H2,1-3H3,(H,59,62)/b12-9+,21-18+. The van der Waals surface area contributed by atoms with Crippen molar-refractivity contribution in [1.82, 2.24) is 5.32 Å². The minimum atomic E-state index is -0.785. The highest BCUT2D eigenvalue weighted by Crippen LogP contribution is 2.19. The molecule has 0 aromatic carbocycles. The zero-order valence-corrected chi connectivity index (χ0v) is 43.2. The molecule has 1 amide bonds. The van der Waals surface area contributed by atoms with E-state index >= 15 is 0 Å². The number of hydrogen-bond donors (Lipinski definition) is 3. The SMILES string of the molecule is CC/C=C/C/C=C/CCCCCCCCCC(=O)OC(CCCCCCCCCCCCCCCCCC)CC(=O)NC(CO)C(O)CCCCCCCCCCCCCCCCC. The third kappa shape index (κ3) is 46.9. The van der Waals surface area contributed by atoms with E-state index in [-0.39, 0.29) is 24.9 Å². The number of nitrogens with one attached hydrogen (secondary N) is 1. The van der Waals surface area contributed by atoms with E-state index in [1.54, 1.807) is 0 Å². The molecular weight excluding hydrogens is 791 g/mol. The average Bonchev–Trinajstić information content (AvgIpc) is 3.29. The molecule has 0 saturated carbocycles. The zero-order chi connectivity index (χ0) is 46.7. The molecule has 0 aromatic rings. The summed E-state index contributed by atoms with van der Waals surface area (Å²) in [6.07, 6.45) is 61.0. The summed E-state index contributed by atoms with van der Waals surface area (Å²) in [6, 6.07) is -0.699. The van der Waals surface area contributed by atoms with Crippen LogP contribution in [0.2, 0.25) is 0 Å². The van der Waals surface area contributed by atoms with Gasteiger partial charge >= 0.3 is 5.97 Å². The maximum absolute atomic E-state index is 13.3. The van der Waals surface area contributed by atoms with E-state index in [4.69, 9.17) is 4.74 Å². The quantitative estimate of drug-likeness (QED) is 0.0321. The van der Waals surface area contributed by atoms with Crippen molar-refractivity contribution in [1.29, 1.82) is 0 Å². The van der Waals surface area contributed by atoms with E-state index in [0.29, 0.717) is 19.3 Å². The van der Waals surface area contributed by atoms with E-state index in [9.17, 15) is 19.8 Å². The lowest BCUT2D eigenvalue weighted by Gasteiger charge is -2.24. The maximum Gasteiger partial charge on any atom is 0.306 e. The van der Waals surface area contributed by atoms with Gasteiger partial charge in [-0.2, -0.15) is 0 Å². The molecule has 0 aliphatic carbocycles. The Morgan fingerprint density at radius 3 is 1.27 bits per heavy atom. The largest absolute Gasteiger partial charge is 0.462 e. The first-order chi connectivity index (χ1) is 31.5. The molecule has 0 rings (SSSR count). The van der Waals surface area contributed by atoms with Gasteiger partial charge in [-0.1, -0.05) is 270 Å². The van der Waals surface area contributed by atoms with Crippen LogP contribution in [0.4, 0.5) is 0 Å². The summed E-state index contributed by atoms with van der Waals surface area (Å²) >= 11 is 0. The van der Waals surface area contributed by atoms with Crippen LogP contribution in [0.5, 0.6) is 0 Å². The molecular formula is C58H111NO5. The number of esters is 1. The monoisotopic (exact) mass is 902 g/mol. The molecule has 0 fully saturated rings. The number of ether oxygens (including phenoxy) is 1. The summed E-state index contributed by atoms with van der Waals surface area (Å²) in [6.45, 7) is 6.42. The van der Waals surface area contributed by atoms with Crippen LogP contribution in [0.15, 0.2) is 24.3 Å². The number of amides is 1. The van der Waals surface area contributed by atoms with Crippen LogP contribution >= 0.6 is 0 Å². The minimum Gasteiger partial charge on any atom is -0.462 e. The van der Waals surface area contributed by atoms with Crippen LogP contribution in [0.3, 0.4) is 0 Å². The lowest BCUT2D eigenvalue weighted by molar-refractivity contribution is -0.151. The number of rotatable bonds is 52. The highest BCUT2D eigenvalue weighted by atomic mass is 16.5. The topological polar surface area (TPSA) is 95.9 Å². The van der Waals surface area contributed by atoms with Crippen LogP contribution in [-0.2, 0) is 14.3 Å². The van der Waals surface area contributed by atoms with Gasteiger partial charge in [0, 0.05) is 6.42 Å². The molecule has 0 aliphatic rings. The molecule has 6 nitrogen and oxygen atoms in total. The second-order valence-electron chi connectivity index (χ2n) is 19.7. The first kappa shape index (κ1) is 62.3. The van der Waals surface area contributed by atoms with Gasteiger partial charge in [0.2, 0.25) is 5.91 Å². The van der Waals surface area contributed by atoms with E-state index in [2.05, 4.69) is 50.4 Å². The van der Waals surface area contributed by atoms with Gasteiger partial charge in [0.05, 0.1) is 25.2 Å². The molecule has 0 heterocycles. The Morgan fingerprint density at radius 1 is 0.469 bits per heavy atom. The van der Waals surface area contributed by atoms with Gasteiger partial charge in [0.25, 0.3) is 0 Å². The van der Waals surface area contributed by atoms with Crippen LogP contribution in [-0.4, -0.2) is 46.9 Å². The van der Waals surface area contributed by atoms with Crippen LogP contribution < -0.4 is 5.32 Å². The Kier molecular flexibility index (Phi) is 51.0. The molecule has 0 radical (unpaired) electrons. The first-order valence-corrected chi connectivity index (χ1v) is 28.6. The number of carbonyl (C=O) groups excluding carboxylic acids is 2. The van der Waals surface area contributed by atoms with Crippen molar-refractivity contribution in [2.75, 3.05) is 6.61 Å². The highest BCUT2D eigenvalue weighted by molar-refractivity contribution is 5.77. The average molecular weight is 903 g/mol. The van der Waals surface area contributed by atoms with Crippen LogP contribution in [0, 0.1) is 0 Å².